The molecule has 49 heavy (non-hydrogen) atoms. The van der Waals surface area contributed by atoms with Gasteiger partial charge in [0.2, 0.25) is 5.91 Å². The van der Waals surface area contributed by atoms with Gasteiger partial charge in [0.15, 0.2) is 11.9 Å². The number of aliphatic hydroxyl groups is 2. The van der Waals surface area contributed by atoms with Crippen LogP contribution in [0.2, 0.25) is 0 Å². The molecule has 1 amide bonds. The highest BCUT2D eigenvalue weighted by molar-refractivity contribution is 5.94. The molecule has 5 rings (SSSR count). The molecular weight excluding hydrogens is 638 g/mol. The van der Waals surface area contributed by atoms with Crippen LogP contribution in [-0.4, -0.2) is 116 Å². The molecule has 3 N–H and O–H groups in total. The lowest BCUT2D eigenvalue weighted by Crippen LogP contribution is -2.81. The van der Waals surface area contributed by atoms with Crippen molar-refractivity contribution in [3.63, 3.8) is 0 Å². The van der Waals surface area contributed by atoms with E-state index in [1.807, 2.05) is 0 Å². The fourth-order valence-corrected chi connectivity index (χ4v) is 8.99. The normalized spacial score (nSPS) is 37.7. The largest absolute Gasteiger partial charge is 0.456 e. The van der Waals surface area contributed by atoms with Gasteiger partial charge in [0.05, 0.1) is 35.8 Å². The van der Waals surface area contributed by atoms with Gasteiger partial charge in [-0.15, -0.1) is 0 Å². The minimum absolute atomic E-state index is 0.173. The lowest BCUT2D eigenvalue weighted by atomic mass is 9.44. The summed E-state index contributed by atoms with van der Waals surface area (Å²) in [6, 6.07) is 7.45. The molecule has 4 aliphatic rings. The molecule has 1 saturated heterocycles. The topological polar surface area (TPSA) is 176 Å². The molecular formula is C36H49NO12. The van der Waals surface area contributed by atoms with E-state index in [0.717, 1.165) is 0 Å². The summed E-state index contributed by atoms with van der Waals surface area (Å²) in [5.74, 6) is -3.67. The maximum atomic E-state index is 15.1. The number of carbonyl (C=O) groups is 4. The molecule has 10 unspecified atom stereocenters. The monoisotopic (exact) mass is 687 g/mol. The maximum Gasteiger partial charge on any atom is 0.338 e. The van der Waals surface area contributed by atoms with Crippen molar-refractivity contribution in [1.29, 1.82) is 0 Å². The Labute approximate surface area is 286 Å². The Hall–Kier alpha value is -3.20. The van der Waals surface area contributed by atoms with Gasteiger partial charge in [0.1, 0.15) is 29.5 Å². The van der Waals surface area contributed by atoms with Gasteiger partial charge in [-0.3, -0.25) is 9.59 Å². The summed E-state index contributed by atoms with van der Waals surface area (Å²) < 4.78 is 35.5. The van der Waals surface area contributed by atoms with Crippen molar-refractivity contribution in [2.24, 2.45) is 16.7 Å². The predicted molar refractivity (Wildman–Crippen MR) is 173 cm³/mol. The van der Waals surface area contributed by atoms with Crippen molar-refractivity contribution in [3.05, 3.63) is 47.0 Å². The molecule has 1 aromatic carbocycles. The zero-order valence-electron chi connectivity index (χ0n) is 29.6. The summed E-state index contributed by atoms with van der Waals surface area (Å²) in [5, 5.41) is 28.4. The van der Waals surface area contributed by atoms with E-state index in [1.165, 1.54) is 28.3 Å². The van der Waals surface area contributed by atoms with Crippen LogP contribution in [0.3, 0.4) is 0 Å². The number of amides is 1. The third-order valence-electron chi connectivity index (χ3n) is 11.7. The Kier molecular flexibility index (Phi) is 9.96. The van der Waals surface area contributed by atoms with E-state index in [0.29, 0.717) is 11.1 Å². The number of Topliss-reactive ketones (excluding diaryl/α,β-unsaturated/α-hetero) is 1. The molecule has 0 aromatic heterocycles. The average Bonchev–Trinajstić information content (AvgIpc) is 3.04. The van der Waals surface area contributed by atoms with Gasteiger partial charge in [0, 0.05) is 52.4 Å². The van der Waals surface area contributed by atoms with Crippen molar-refractivity contribution in [2.75, 3.05) is 27.9 Å². The Balaban J connectivity index is 1.73. The van der Waals surface area contributed by atoms with Crippen LogP contribution in [-0.2, 0) is 42.8 Å². The zero-order chi connectivity index (χ0) is 36.3. The number of fused-ring (bicyclic) bond motifs is 5. The molecule has 0 radical (unpaired) electrons. The van der Waals surface area contributed by atoms with E-state index in [9.17, 15) is 24.6 Å². The second kappa shape index (κ2) is 13.2. The van der Waals surface area contributed by atoms with E-state index in [1.54, 1.807) is 65.0 Å². The molecule has 270 valence electrons. The minimum Gasteiger partial charge on any atom is -0.456 e. The highest BCUT2D eigenvalue weighted by Crippen LogP contribution is 2.63. The highest BCUT2D eigenvalue weighted by Gasteiger charge is 2.76. The zero-order valence-corrected chi connectivity index (χ0v) is 29.6. The number of carbonyl (C=O) groups excluding carboxylic acids is 4. The first-order chi connectivity index (χ1) is 22.9. The minimum atomic E-state index is -2.07. The number of hydrogen-bond donors (Lipinski definition) is 3. The third kappa shape index (κ3) is 5.62. The van der Waals surface area contributed by atoms with Gasteiger partial charge in [-0.05, 0) is 44.1 Å². The van der Waals surface area contributed by atoms with Crippen molar-refractivity contribution < 1.29 is 57.8 Å². The summed E-state index contributed by atoms with van der Waals surface area (Å²) in [6.07, 6.45) is -6.87. The number of benzene rings is 1. The van der Waals surface area contributed by atoms with Crippen molar-refractivity contribution in [1.82, 2.24) is 5.32 Å². The molecule has 0 spiro atoms. The smallest absolute Gasteiger partial charge is 0.338 e. The highest BCUT2D eigenvalue weighted by atomic mass is 16.6. The Morgan fingerprint density at radius 2 is 1.67 bits per heavy atom. The summed E-state index contributed by atoms with van der Waals surface area (Å²) in [4.78, 5) is 54.5. The van der Waals surface area contributed by atoms with Crippen LogP contribution in [0.4, 0.5) is 0 Å². The number of ether oxygens (including phenoxy) is 6. The molecule has 11 atom stereocenters. The lowest BCUT2D eigenvalue weighted by Gasteiger charge is -2.67. The third-order valence-corrected chi connectivity index (χ3v) is 11.7. The van der Waals surface area contributed by atoms with Gasteiger partial charge in [0.25, 0.3) is 0 Å². The molecule has 3 aliphatic carbocycles. The van der Waals surface area contributed by atoms with Crippen LogP contribution < -0.4 is 5.32 Å². The molecule has 1 aliphatic heterocycles. The predicted octanol–water partition coefficient (Wildman–Crippen LogP) is 1.91. The lowest BCUT2D eigenvalue weighted by molar-refractivity contribution is -0.345. The van der Waals surface area contributed by atoms with E-state index < -0.39 is 88.3 Å². The van der Waals surface area contributed by atoms with Crippen molar-refractivity contribution in [3.8, 4) is 0 Å². The van der Waals surface area contributed by atoms with Crippen LogP contribution in [0.15, 0.2) is 41.5 Å². The molecule has 13 nitrogen and oxygen atoms in total. The first-order valence-corrected chi connectivity index (χ1v) is 16.6. The van der Waals surface area contributed by atoms with Crippen LogP contribution in [0.5, 0.6) is 0 Å². The SMILES string of the molecule is COC1C(=O)[C@]2(C)C(OC)CC3OCC3(O)C2C(OC(=O)c2ccccc2)C2(O)CC(OC(=O)C(OC)C(C)NC(C)=O)C(C)=C1C2(C)C. The van der Waals surface area contributed by atoms with E-state index >= 15 is 4.79 Å². The number of methoxy groups -OCH3 is 3. The number of rotatable bonds is 9. The van der Waals surface area contributed by atoms with Crippen LogP contribution >= 0.6 is 0 Å². The summed E-state index contributed by atoms with van der Waals surface area (Å²) in [7, 11) is 4.15. The van der Waals surface area contributed by atoms with Crippen molar-refractivity contribution in [2.45, 2.75) is 108 Å². The van der Waals surface area contributed by atoms with Gasteiger partial charge in [-0.2, -0.15) is 0 Å². The quantitative estimate of drug-likeness (QED) is 0.254. The fraction of sp³-hybridized carbons (Fsp3) is 0.667. The number of nitrogens with one attached hydrogen (secondary N) is 1. The van der Waals surface area contributed by atoms with Crippen LogP contribution in [0.25, 0.3) is 0 Å². The van der Waals surface area contributed by atoms with Crippen molar-refractivity contribution >= 4 is 23.6 Å². The molecule has 2 bridgehead atoms. The first kappa shape index (κ1) is 37.1. The Morgan fingerprint density at radius 3 is 2.20 bits per heavy atom. The summed E-state index contributed by atoms with van der Waals surface area (Å²) >= 11 is 0. The van der Waals surface area contributed by atoms with E-state index in [4.69, 9.17) is 28.4 Å². The molecule has 2 saturated carbocycles. The maximum absolute atomic E-state index is 15.1. The van der Waals surface area contributed by atoms with Crippen LogP contribution in [0, 0.1) is 16.7 Å². The fourth-order valence-electron chi connectivity index (χ4n) is 8.99. The second-order valence-corrected chi connectivity index (χ2v) is 14.6. The summed E-state index contributed by atoms with van der Waals surface area (Å²) in [6.45, 7) is 9.54. The number of ketones is 1. The summed E-state index contributed by atoms with van der Waals surface area (Å²) in [5.41, 5.74) is -5.67. The number of esters is 2. The first-order valence-electron chi connectivity index (χ1n) is 16.6. The second-order valence-electron chi connectivity index (χ2n) is 14.6. The Bertz CT molecular complexity index is 1510. The Morgan fingerprint density at radius 1 is 1.02 bits per heavy atom. The average molecular weight is 688 g/mol. The standard InChI is InChI=1S/C36H49NO12/c1-18-22(48-32(41)26(45-8)19(2)37-20(3)38)16-36(43)30(49-31(40)21-13-11-10-12-14-21)28-34(6,23(44-7)15-24-35(28,42)17-47-24)29(39)27(46-9)25(18)33(36,4)5/h10-14,19,22-24,26-28,30,42-43H,15-17H2,1-9H3,(H,37,38)/t19?,22?,23?,24?,26?,27?,28?,30?,34-,35?,36?/m1/s1. The van der Waals surface area contributed by atoms with Gasteiger partial charge >= 0.3 is 11.9 Å². The van der Waals surface area contributed by atoms with Gasteiger partial charge in [-0.25, -0.2) is 9.59 Å². The van der Waals surface area contributed by atoms with E-state index in [-0.39, 0.29) is 30.9 Å². The molecule has 1 heterocycles. The molecule has 3 fully saturated rings. The van der Waals surface area contributed by atoms with Crippen LogP contribution in [0.1, 0.15) is 64.7 Å². The molecule has 13 heteroatoms. The van der Waals surface area contributed by atoms with Gasteiger partial charge < -0.3 is 44.0 Å². The molecule has 1 aromatic rings. The van der Waals surface area contributed by atoms with Gasteiger partial charge in [-0.1, -0.05) is 32.0 Å². The number of hydrogen-bond acceptors (Lipinski definition) is 12. The van der Waals surface area contributed by atoms with E-state index in [2.05, 4.69) is 5.32 Å².